The standard InChI is InChI=1S/C12H14BrN3O3/c1-14-6-5-10(12(14)17)15(2)9-4-3-8(13)7-11(9)16(18)19/h3-4,7,10H,5-6H2,1-2H3. The van der Waals surface area contributed by atoms with Crippen molar-refractivity contribution in [3.8, 4) is 0 Å². The second kappa shape index (κ2) is 5.16. The van der Waals surface area contributed by atoms with Gasteiger partial charge in [-0.2, -0.15) is 0 Å². The van der Waals surface area contributed by atoms with Gasteiger partial charge in [0, 0.05) is 31.2 Å². The molecule has 7 heteroatoms. The van der Waals surface area contributed by atoms with Gasteiger partial charge in [-0.1, -0.05) is 15.9 Å². The molecule has 1 aliphatic heterocycles. The first-order chi connectivity index (χ1) is 8.91. The zero-order chi connectivity index (χ0) is 14.2. The molecule has 19 heavy (non-hydrogen) atoms. The lowest BCUT2D eigenvalue weighted by Gasteiger charge is -2.24. The highest BCUT2D eigenvalue weighted by atomic mass is 79.9. The molecule has 0 saturated carbocycles. The van der Waals surface area contributed by atoms with Gasteiger partial charge in [0.05, 0.1) is 4.92 Å². The van der Waals surface area contributed by atoms with Crippen molar-refractivity contribution in [2.75, 3.05) is 25.5 Å². The van der Waals surface area contributed by atoms with Crippen molar-refractivity contribution in [1.82, 2.24) is 4.90 Å². The Labute approximate surface area is 119 Å². The molecule has 1 fully saturated rings. The fraction of sp³-hybridized carbons (Fsp3) is 0.417. The van der Waals surface area contributed by atoms with Crippen molar-refractivity contribution >= 4 is 33.2 Å². The van der Waals surface area contributed by atoms with Crippen LogP contribution >= 0.6 is 15.9 Å². The number of hydrogen-bond donors (Lipinski definition) is 0. The number of likely N-dealkylation sites (tertiary alicyclic amines) is 1. The normalized spacial score (nSPS) is 18.8. The van der Waals surface area contributed by atoms with Gasteiger partial charge in [-0.25, -0.2) is 0 Å². The molecular weight excluding hydrogens is 314 g/mol. The molecule has 1 aromatic rings. The Hall–Kier alpha value is -1.63. The van der Waals surface area contributed by atoms with Gasteiger partial charge in [0.15, 0.2) is 0 Å². The molecule has 1 heterocycles. The van der Waals surface area contributed by atoms with Gasteiger partial charge in [-0.05, 0) is 18.6 Å². The Morgan fingerprint density at radius 3 is 2.74 bits per heavy atom. The molecule has 0 aromatic heterocycles. The highest BCUT2D eigenvalue weighted by molar-refractivity contribution is 9.10. The zero-order valence-electron chi connectivity index (χ0n) is 10.7. The van der Waals surface area contributed by atoms with Crippen LogP contribution in [0.3, 0.4) is 0 Å². The molecule has 0 aliphatic carbocycles. The first kappa shape index (κ1) is 13.8. The van der Waals surface area contributed by atoms with E-state index >= 15 is 0 Å². The minimum Gasteiger partial charge on any atom is -0.357 e. The summed E-state index contributed by atoms with van der Waals surface area (Å²) < 4.78 is 0.645. The lowest BCUT2D eigenvalue weighted by molar-refractivity contribution is -0.384. The molecule has 1 amide bonds. The molecule has 2 rings (SSSR count). The minimum absolute atomic E-state index is 0.000262. The molecule has 6 nitrogen and oxygen atoms in total. The van der Waals surface area contributed by atoms with Crippen LogP contribution in [0.5, 0.6) is 0 Å². The third-order valence-electron chi connectivity index (χ3n) is 3.38. The number of hydrogen-bond acceptors (Lipinski definition) is 4. The van der Waals surface area contributed by atoms with Gasteiger partial charge in [0.1, 0.15) is 11.7 Å². The number of nitro groups is 1. The Bertz CT molecular complexity index is 535. The lowest BCUT2D eigenvalue weighted by Crippen LogP contribution is -2.38. The van der Waals surface area contributed by atoms with Crippen LogP contribution in [-0.4, -0.2) is 42.4 Å². The van der Waals surface area contributed by atoms with E-state index in [0.717, 1.165) is 0 Å². The first-order valence-electron chi connectivity index (χ1n) is 5.83. The molecule has 1 aliphatic rings. The number of amides is 1. The maximum Gasteiger partial charge on any atom is 0.293 e. The number of nitro benzene ring substituents is 1. The van der Waals surface area contributed by atoms with Crippen LogP contribution < -0.4 is 4.90 Å². The summed E-state index contributed by atoms with van der Waals surface area (Å²) >= 11 is 3.22. The number of anilines is 1. The number of carbonyl (C=O) groups excluding carboxylic acids is 1. The van der Waals surface area contributed by atoms with Crippen molar-refractivity contribution in [2.24, 2.45) is 0 Å². The Balaban J connectivity index is 2.36. The summed E-state index contributed by atoms with van der Waals surface area (Å²) in [7, 11) is 3.46. The van der Waals surface area contributed by atoms with Crippen LogP contribution in [0.4, 0.5) is 11.4 Å². The molecule has 0 N–H and O–H groups in total. The average Bonchev–Trinajstić information content (AvgIpc) is 2.69. The molecule has 102 valence electrons. The van der Waals surface area contributed by atoms with Crippen LogP contribution in [0.25, 0.3) is 0 Å². The monoisotopic (exact) mass is 327 g/mol. The molecule has 1 saturated heterocycles. The van der Waals surface area contributed by atoms with Crippen LogP contribution in [0.15, 0.2) is 22.7 Å². The van der Waals surface area contributed by atoms with Crippen LogP contribution in [-0.2, 0) is 4.79 Å². The predicted octanol–water partition coefficient (Wildman–Crippen LogP) is 2.02. The summed E-state index contributed by atoms with van der Waals surface area (Å²) in [5, 5.41) is 11.1. The van der Waals surface area contributed by atoms with Gasteiger partial charge in [0.2, 0.25) is 5.91 Å². The van der Waals surface area contributed by atoms with E-state index < -0.39 is 4.92 Å². The number of rotatable bonds is 3. The van der Waals surface area contributed by atoms with Crippen LogP contribution in [0, 0.1) is 10.1 Å². The fourth-order valence-corrected chi connectivity index (χ4v) is 2.62. The van der Waals surface area contributed by atoms with E-state index in [1.54, 1.807) is 36.0 Å². The third kappa shape index (κ3) is 2.56. The van der Waals surface area contributed by atoms with Gasteiger partial charge in [-0.3, -0.25) is 14.9 Å². The molecular formula is C12H14BrN3O3. The SMILES string of the molecule is CN1CCC(N(C)c2ccc(Br)cc2[N+](=O)[O-])C1=O. The van der Waals surface area contributed by atoms with Gasteiger partial charge >= 0.3 is 0 Å². The van der Waals surface area contributed by atoms with E-state index in [9.17, 15) is 14.9 Å². The molecule has 1 unspecified atom stereocenters. The highest BCUT2D eigenvalue weighted by Crippen LogP contribution is 2.33. The fourth-order valence-electron chi connectivity index (χ4n) is 2.27. The minimum atomic E-state index is -0.431. The Morgan fingerprint density at radius 2 is 2.21 bits per heavy atom. The van der Waals surface area contributed by atoms with Crippen molar-refractivity contribution in [2.45, 2.75) is 12.5 Å². The number of benzene rings is 1. The van der Waals surface area contributed by atoms with E-state index in [1.165, 1.54) is 6.07 Å². The molecule has 0 radical (unpaired) electrons. The quantitative estimate of drug-likeness (QED) is 0.629. The smallest absolute Gasteiger partial charge is 0.293 e. The predicted molar refractivity (Wildman–Crippen MR) is 75.2 cm³/mol. The average molecular weight is 328 g/mol. The Kier molecular flexibility index (Phi) is 3.75. The summed E-state index contributed by atoms with van der Waals surface area (Å²) in [6.07, 6.45) is 0.680. The van der Waals surface area contributed by atoms with E-state index in [-0.39, 0.29) is 17.6 Å². The largest absolute Gasteiger partial charge is 0.357 e. The first-order valence-corrected chi connectivity index (χ1v) is 6.63. The second-order valence-electron chi connectivity index (χ2n) is 4.57. The molecule has 1 atom stereocenters. The number of likely N-dealkylation sites (N-methyl/N-ethyl adjacent to an activating group) is 2. The van der Waals surface area contributed by atoms with Gasteiger partial charge < -0.3 is 9.80 Å². The number of halogens is 1. The van der Waals surface area contributed by atoms with E-state index in [1.807, 2.05) is 0 Å². The van der Waals surface area contributed by atoms with Gasteiger partial charge in [-0.15, -0.1) is 0 Å². The second-order valence-corrected chi connectivity index (χ2v) is 5.48. The van der Waals surface area contributed by atoms with Crippen molar-refractivity contribution in [3.63, 3.8) is 0 Å². The summed E-state index contributed by atoms with van der Waals surface area (Å²) in [6, 6.07) is 4.52. The van der Waals surface area contributed by atoms with Crippen molar-refractivity contribution in [1.29, 1.82) is 0 Å². The summed E-state index contributed by atoms with van der Waals surface area (Å²) in [5.74, 6) is -0.000262. The molecule has 1 aromatic carbocycles. The molecule has 0 bridgehead atoms. The Morgan fingerprint density at radius 1 is 1.53 bits per heavy atom. The highest BCUT2D eigenvalue weighted by Gasteiger charge is 2.34. The van der Waals surface area contributed by atoms with Crippen molar-refractivity contribution in [3.05, 3.63) is 32.8 Å². The summed E-state index contributed by atoms with van der Waals surface area (Å²) in [5.41, 5.74) is 0.459. The number of nitrogens with zero attached hydrogens (tertiary/aromatic N) is 3. The maximum atomic E-state index is 12.0. The topological polar surface area (TPSA) is 66.7 Å². The van der Waals surface area contributed by atoms with Crippen molar-refractivity contribution < 1.29 is 9.72 Å². The van der Waals surface area contributed by atoms with E-state index in [4.69, 9.17) is 0 Å². The maximum absolute atomic E-state index is 12.0. The van der Waals surface area contributed by atoms with Gasteiger partial charge in [0.25, 0.3) is 5.69 Å². The van der Waals surface area contributed by atoms with Crippen LogP contribution in [0.2, 0.25) is 0 Å². The van der Waals surface area contributed by atoms with E-state index in [0.29, 0.717) is 23.1 Å². The van der Waals surface area contributed by atoms with E-state index in [2.05, 4.69) is 15.9 Å². The summed E-state index contributed by atoms with van der Waals surface area (Å²) in [6.45, 7) is 0.679. The lowest BCUT2D eigenvalue weighted by atomic mass is 10.1. The summed E-state index contributed by atoms with van der Waals surface area (Å²) in [4.78, 5) is 26.0. The molecule has 0 spiro atoms. The third-order valence-corrected chi connectivity index (χ3v) is 3.87. The van der Waals surface area contributed by atoms with Crippen LogP contribution in [0.1, 0.15) is 6.42 Å². The number of carbonyl (C=O) groups is 1. The zero-order valence-corrected chi connectivity index (χ0v) is 12.3.